The van der Waals surface area contributed by atoms with Crippen molar-refractivity contribution in [3.63, 3.8) is 0 Å². The molecule has 0 radical (unpaired) electrons. The largest absolute Gasteiger partial charge is 0.476 e. The van der Waals surface area contributed by atoms with Crippen LogP contribution in [-0.2, 0) is 26.0 Å². The van der Waals surface area contributed by atoms with Crippen LogP contribution in [0.5, 0.6) is 5.75 Å². The Bertz CT molecular complexity index is 1000. The quantitative estimate of drug-likeness (QED) is 0.547. The average molecular weight is 452 g/mol. The van der Waals surface area contributed by atoms with Crippen LogP contribution in [0.1, 0.15) is 31.9 Å². The van der Waals surface area contributed by atoms with Gasteiger partial charge in [-0.25, -0.2) is 17.9 Å². The van der Waals surface area contributed by atoms with Crippen molar-refractivity contribution in [3.05, 3.63) is 65.2 Å². The summed E-state index contributed by atoms with van der Waals surface area (Å²) in [5, 5.41) is 0.335. The number of rotatable bonds is 10. The number of halogens is 1. The van der Waals surface area contributed by atoms with Gasteiger partial charge < -0.3 is 9.47 Å². The predicted molar refractivity (Wildman–Crippen MR) is 118 cm³/mol. The monoisotopic (exact) mass is 451 g/mol. The third kappa shape index (κ3) is 6.32. The van der Waals surface area contributed by atoms with E-state index in [2.05, 4.69) is 11.3 Å². The Morgan fingerprint density at radius 2 is 1.87 bits per heavy atom. The fourth-order valence-electron chi connectivity index (χ4n) is 2.68. The molecule has 0 aliphatic heterocycles. The molecule has 0 unspecified atom stereocenters. The molecule has 0 saturated heterocycles. The lowest BCUT2D eigenvalue weighted by Gasteiger charge is -2.24. The van der Waals surface area contributed by atoms with Gasteiger partial charge in [0.1, 0.15) is 5.75 Å². The van der Waals surface area contributed by atoms with Crippen LogP contribution in [0.15, 0.2) is 53.9 Å². The van der Waals surface area contributed by atoms with Crippen LogP contribution >= 0.6 is 11.6 Å². The van der Waals surface area contributed by atoms with Gasteiger partial charge in [0.05, 0.1) is 11.5 Å². The van der Waals surface area contributed by atoms with Gasteiger partial charge in [0.25, 0.3) is 0 Å². The average Bonchev–Trinajstić information content (AvgIpc) is 2.69. The number of esters is 1. The SMILES string of the molecule is C=Cc1ccc(Cl)cc1S(=O)(=O)NCCc1ccc(OC(C)(C)C(=O)OCC)cc1. The molecule has 2 aromatic carbocycles. The molecular formula is C22H26ClNO5S. The number of carbonyl (C=O) groups is 1. The first-order valence-electron chi connectivity index (χ1n) is 9.46. The Hall–Kier alpha value is -2.35. The molecule has 6 nitrogen and oxygen atoms in total. The summed E-state index contributed by atoms with van der Waals surface area (Å²) in [7, 11) is -3.72. The van der Waals surface area contributed by atoms with Crippen LogP contribution in [0, 0.1) is 0 Å². The number of ether oxygens (including phenoxy) is 2. The molecule has 0 spiro atoms. The van der Waals surface area contributed by atoms with Crippen LogP contribution in [0.2, 0.25) is 5.02 Å². The maximum absolute atomic E-state index is 12.6. The number of hydrogen-bond acceptors (Lipinski definition) is 5. The van der Waals surface area contributed by atoms with E-state index < -0.39 is 21.6 Å². The molecule has 8 heteroatoms. The second-order valence-corrected chi connectivity index (χ2v) is 9.18. The Morgan fingerprint density at radius 1 is 1.20 bits per heavy atom. The van der Waals surface area contributed by atoms with E-state index >= 15 is 0 Å². The second-order valence-electron chi connectivity index (χ2n) is 7.01. The number of sulfonamides is 1. The van der Waals surface area contributed by atoms with E-state index in [0.717, 1.165) is 5.56 Å². The highest BCUT2D eigenvalue weighted by Crippen LogP contribution is 2.22. The van der Waals surface area contributed by atoms with Crippen LogP contribution < -0.4 is 9.46 Å². The van der Waals surface area contributed by atoms with Crippen LogP contribution in [0.4, 0.5) is 0 Å². The number of nitrogens with one attached hydrogen (secondary N) is 1. The summed E-state index contributed by atoms with van der Waals surface area (Å²) in [6.45, 7) is 9.15. The Kier molecular flexibility index (Phi) is 8.06. The minimum Gasteiger partial charge on any atom is -0.476 e. The summed E-state index contributed by atoms with van der Waals surface area (Å²) in [5.74, 6) is 0.0790. The van der Waals surface area contributed by atoms with Crippen molar-refractivity contribution < 1.29 is 22.7 Å². The molecule has 0 heterocycles. The number of carbonyl (C=O) groups excluding carboxylic acids is 1. The summed E-state index contributed by atoms with van der Waals surface area (Å²) < 4.78 is 38.5. The van der Waals surface area contributed by atoms with Gasteiger partial charge >= 0.3 is 5.97 Å². The number of hydrogen-bond donors (Lipinski definition) is 1. The first kappa shape index (κ1) is 23.9. The third-order valence-electron chi connectivity index (χ3n) is 4.25. The lowest BCUT2D eigenvalue weighted by atomic mass is 10.1. The first-order chi connectivity index (χ1) is 14.1. The van der Waals surface area contributed by atoms with Crippen molar-refractivity contribution in [1.82, 2.24) is 4.72 Å². The van der Waals surface area contributed by atoms with Crippen LogP contribution in [0.25, 0.3) is 6.08 Å². The molecule has 0 saturated carbocycles. The molecule has 0 amide bonds. The standard InChI is InChI=1S/C22H26ClNO5S/c1-5-17-9-10-18(23)15-20(17)30(26,27)24-14-13-16-7-11-19(12-8-16)29-22(3,4)21(25)28-6-2/h5,7-12,15,24H,1,6,13-14H2,2-4H3. The van der Waals surface area contributed by atoms with E-state index in [4.69, 9.17) is 21.1 Å². The lowest BCUT2D eigenvalue weighted by molar-refractivity contribution is -0.158. The molecule has 0 aromatic heterocycles. The topological polar surface area (TPSA) is 81.7 Å². The first-order valence-corrected chi connectivity index (χ1v) is 11.3. The van der Waals surface area contributed by atoms with E-state index in [-0.39, 0.29) is 18.0 Å². The molecule has 2 rings (SSSR count). The van der Waals surface area contributed by atoms with Crippen LogP contribution in [0.3, 0.4) is 0 Å². The summed E-state index contributed by atoms with van der Waals surface area (Å²) in [6, 6.07) is 11.7. The van der Waals surface area contributed by atoms with Crippen molar-refractivity contribution in [3.8, 4) is 5.75 Å². The van der Waals surface area contributed by atoms with Gasteiger partial charge in [-0.15, -0.1) is 0 Å². The highest BCUT2D eigenvalue weighted by atomic mass is 35.5. The zero-order valence-corrected chi connectivity index (χ0v) is 18.8. The van der Waals surface area contributed by atoms with E-state index in [1.54, 1.807) is 45.0 Å². The molecule has 0 aliphatic rings. The van der Waals surface area contributed by atoms with Gasteiger partial charge in [-0.3, -0.25) is 0 Å². The smallest absolute Gasteiger partial charge is 0.349 e. The van der Waals surface area contributed by atoms with Crippen molar-refractivity contribution >= 4 is 33.7 Å². The Balaban J connectivity index is 1.98. The molecule has 162 valence electrons. The third-order valence-corrected chi connectivity index (χ3v) is 6.01. The van der Waals surface area contributed by atoms with E-state index in [0.29, 0.717) is 22.8 Å². The fourth-order valence-corrected chi connectivity index (χ4v) is 4.19. The zero-order chi connectivity index (χ0) is 22.4. The fraction of sp³-hybridized carbons (Fsp3) is 0.318. The van der Waals surface area contributed by atoms with Gasteiger partial charge in [0.2, 0.25) is 10.0 Å². The molecule has 0 fully saturated rings. The Labute approximate surface area is 182 Å². The molecule has 2 aromatic rings. The van der Waals surface area contributed by atoms with E-state index in [1.807, 2.05) is 12.1 Å². The van der Waals surface area contributed by atoms with E-state index in [9.17, 15) is 13.2 Å². The minimum absolute atomic E-state index is 0.0925. The van der Waals surface area contributed by atoms with E-state index in [1.165, 1.54) is 12.1 Å². The minimum atomic E-state index is -3.72. The van der Waals surface area contributed by atoms with Gasteiger partial charge in [-0.1, -0.05) is 42.5 Å². The van der Waals surface area contributed by atoms with Crippen molar-refractivity contribution in [2.75, 3.05) is 13.2 Å². The Morgan fingerprint density at radius 3 is 2.47 bits per heavy atom. The maximum Gasteiger partial charge on any atom is 0.349 e. The van der Waals surface area contributed by atoms with Gasteiger partial charge in [-0.05, 0) is 62.6 Å². The predicted octanol–water partition coefficient (Wildman–Crippen LogP) is 4.22. The molecule has 0 bridgehead atoms. The zero-order valence-electron chi connectivity index (χ0n) is 17.3. The van der Waals surface area contributed by atoms with Crippen molar-refractivity contribution in [1.29, 1.82) is 0 Å². The van der Waals surface area contributed by atoms with Crippen molar-refractivity contribution in [2.24, 2.45) is 0 Å². The summed E-state index contributed by atoms with van der Waals surface area (Å²) in [4.78, 5) is 12.0. The second kappa shape index (κ2) is 10.1. The van der Waals surface area contributed by atoms with Crippen LogP contribution in [-0.4, -0.2) is 33.1 Å². The van der Waals surface area contributed by atoms with Gasteiger partial charge in [0, 0.05) is 11.6 Å². The normalized spacial score (nSPS) is 11.7. The highest BCUT2D eigenvalue weighted by Gasteiger charge is 2.31. The lowest BCUT2D eigenvalue weighted by Crippen LogP contribution is -2.39. The highest BCUT2D eigenvalue weighted by molar-refractivity contribution is 7.89. The molecular weight excluding hydrogens is 426 g/mol. The molecule has 0 atom stereocenters. The molecule has 0 aliphatic carbocycles. The van der Waals surface area contributed by atoms with Crippen molar-refractivity contribution in [2.45, 2.75) is 37.7 Å². The summed E-state index contributed by atoms with van der Waals surface area (Å²) in [6.07, 6.45) is 1.95. The van der Waals surface area contributed by atoms with Gasteiger partial charge in [0.15, 0.2) is 5.60 Å². The summed E-state index contributed by atoms with van der Waals surface area (Å²) in [5.41, 5.74) is 0.291. The maximum atomic E-state index is 12.6. The molecule has 1 N–H and O–H groups in total. The molecule has 30 heavy (non-hydrogen) atoms. The van der Waals surface area contributed by atoms with Gasteiger partial charge in [-0.2, -0.15) is 0 Å². The number of benzene rings is 2. The summed E-state index contributed by atoms with van der Waals surface area (Å²) >= 11 is 5.94.